The van der Waals surface area contributed by atoms with E-state index in [1.807, 2.05) is 18.2 Å². The fourth-order valence-electron chi connectivity index (χ4n) is 2.36. The maximum absolute atomic E-state index is 11.5. The zero-order valence-corrected chi connectivity index (χ0v) is 12.7. The Labute approximate surface area is 121 Å². The molecule has 0 amide bonds. The summed E-state index contributed by atoms with van der Waals surface area (Å²) in [5.74, 6) is 0. The molecule has 0 spiro atoms. The van der Waals surface area contributed by atoms with E-state index in [9.17, 15) is 8.42 Å². The van der Waals surface area contributed by atoms with Crippen LogP contribution in [0.2, 0.25) is 0 Å². The van der Waals surface area contributed by atoms with E-state index in [1.165, 1.54) is 11.8 Å². The molecule has 20 heavy (non-hydrogen) atoms. The van der Waals surface area contributed by atoms with E-state index >= 15 is 0 Å². The highest BCUT2D eigenvalue weighted by Gasteiger charge is 2.20. The van der Waals surface area contributed by atoms with Crippen molar-refractivity contribution in [3.63, 3.8) is 0 Å². The molecule has 5 heteroatoms. The topological polar surface area (TPSA) is 40.6 Å². The van der Waals surface area contributed by atoms with Gasteiger partial charge in [0, 0.05) is 26.2 Å². The fourth-order valence-corrected chi connectivity index (χ4v) is 3.24. The molecule has 0 unspecified atom stereocenters. The van der Waals surface area contributed by atoms with Gasteiger partial charge in [0.05, 0.1) is 6.26 Å². The molecule has 1 saturated heterocycles. The Kier molecular flexibility index (Phi) is 5.34. The lowest BCUT2D eigenvalue weighted by molar-refractivity contribution is 0.317. The number of sulfonamides is 1. The molecule has 1 aliphatic rings. The van der Waals surface area contributed by atoms with E-state index in [0.717, 1.165) is 26.1 Å². The normalized spacial score (nSPS) is 19.2. The number of nitrogens with zero attached hydrogens (tertiary/aromatic N) is 2. The third-order valence-corrected chi connectivity index (χ3v) is 4.79. The lowest BCUT2D eigenvalue weighted by atomic mass is 10.2. The highest BCUT2D eigenvalue weighted by Crippen LogP contribution is 2.07. The SMILES string of the molecule is CS(=O)(=O)N1CCCN(C/C=C/c2ccccc2)CC1. The van der Waals surface area contributed by atoms with Gasteiger partial charge in [-0.1, -0.05) is 42.5 Å². The highest BCUT2D eigenvalue weighted by molar-refractivity contribution is 7.88. The van der Waals surface area contributed by atoms with Crippen molar-refractivity contribution in [2.24, 2.45) is 0 Å². The van der Waals surface area contributed by atoms with Crippen LogP contribution in [0.4, 0.5) is 0 Å². The summed E-state index contributed by atoms with van der Waals surface area (Å²) in [6, 6.07) is 10.2. The first kappa shape index (κ1) is 15.2. The molecule has 0 aliphatic carbocycles. The van der Waals surface area contributed by atoms with Crippen molar-refractivity contribution in [2.45, 2.75) is 6.42 Å². The summed E-state index contributed by atoms with van der Waals surface area (Å²) in [6.45, 7) is 3.85. The molecule has 1 heterocycles. The summed E-state index contributed by atoms with van der Waals surface area (Å²) in [5, 5.41) is 0. The second-order valence-corrected chi connectivity index (χ2v) is 7.11. The van der Waals surface area contributed by atoms with Crippen molar-refractivity contribution < 1.29 is 8.42 Å². The monoisotopic (exact) mass is 294 g/mol. The second kappa shape index (κ2) is 7.02. The van der Waals surface area contributed by atoms with Crippen molar-refractivity contribution >= 4 is 16.1 Å². The van der Waals surface area contributed by atoms with E-state index in [1.54, 1.807) is 4.31 Å². The first-order chi connectivity index (χ1) is 9.55. The largest absolute Gasteiger partial charge is 0.298 e. The molecule has 2 rings (SSSR count). The molecule has 110 valence electrons. The van der Waals surface area contributed by atoms with Crippen molar-refractivity contribution in [1.82, 2.24) is 9.21 Å². The van der Waals surface area contributed by atoms with Gasteiger partial charge in [-0.2, -0.15) is 0 Å². The molecule has 0 atom stereocenters. The summed E-state index contributed by atoms with van der Waals surface area (Å²) < 4.78 is 24.7. The Hall–Kier alpha value is -1.17. The van der Waals surface area contributed by atoms with Gasteiger partial charge in [0.15, 0.2) is 0 Å². The Morgan fingerprint density at radius 2 is 1.85 bits per heavy atom. The summed E-state index contributed by atoms with van der Waals surface area (Å²) in [6.07, 6.45) is 6.44. The molecule has 1 aliphatic heterocycles. The minimum absolute atomic E-state index is 0.595. The number of benzene rings is 1. The summed E-state index contributed by atoms with van der Waals surface area (Å²) in [5.41, 5.74) is 1.19. The van der Waals surface area contributed by atoms with Gasteiger partial charge in [-0.25, -0.2) is 12.7 Å². The zero-order valence-electron chi connectivity index (χ0n) is 11.9. The van der Waals surface area contributed by atoms with E-state index in [4.69, 9.17) is 0 Å². The van der Waals surface area contributed by atoms with Crippen molar-refractivity contribution in [3.05, 3.63) is 42.0 Å². The quantitative estimate of drug-likeness (QED) is 0.848. The Morgan fingerprint density at radius 3 is 2.55 bits per heavy atom. The van der Waals surface area contributed by atoms with Gasteiger partial charge in [-0.15, -0.1) is 0 Å². The minimum atomic E-state index is -3.05. The second-order valence-electron chi connectivity index (χ2n) is 5.13. The zero-order chi connectivity index (χ0) is 14.4. The predicted molar refractivity (Wildman–Crippen MR) is 82.9 cm³/mol. The van der Waals surface area contributed by atoms with Crippen LogP contribution in [-0.4, -0.2) is 56.6 Å². The number of hydrogen-bond acceptors (Lipinski definition) is 3. The molecule has 4 nitrogen and oxygen atoms in total. The third-order valence-electron chi connectivity index (χ3n) is 3.49. The van der Waals surface area contributed by atoms with Gasteiger partial charge in [0.2, 0.25) is 10.0 Å². The van der Waals surface area contributed by atoms with E-state index < -0.39 is 10.0 Å². The Bertz CT molecular complexity index is 540. The van der Waals surface area contributed by atoms with Gasteiger partial charge in [-0.3, -0.25) is 4.90 Å². The Morgan fingerprint density at radius 1 is 1.10 bits per heavy atom. The van der Waals surface area contributed by atoms with E-state index in [2.05, 4.69) is 29.2 Å². The van der Waals surface area contributed by atoms with Gasteiger partial charge in [0.1, 0.15) is 0 Å². The van der Waals surface area contributed by atoms with Gasteiger partial charge in [-0.05, 0) is 18.5 Å². The molecular formula is C15H22N2O2S. The summed E-state index contributed by atoms with van der Waals surface area (Å²) >= 11 is 0. The molecule has 0 saturated carbocycles. The minimum Gasteiger partial charge on any atom is -0.298 e. The molecule has 0 radical (unpaired) electrons. The lowest BCUT2D eigenvalue weighted by Gasteiger charge is -2.19. The van der Waals surface area contributed by atoms with Gasteiger partial charge < -0.3 is 0 Å². The highest BCUT2D eigenvalue weighted by atomic mass is 32.2. The van der Waals surface area contributed by atoms with Crippen LogP contribution in [0, 0.1) is 0 Å². The van der Waals surface area contributed by atoms with E-state index in [-0.39, 0.29) is 0 Å². The summed E-state index contributed by atoms with van der Waals surface area (Å²) in [7, 11) is -3.05. The van der Waals surface area contributed by atoms with Crippen LogP contribution < -0.4 is 0 Å². The third kappa shape index (κ3) is 4.74. The summed E-state index contributed by atoms with van der Waals surface area (Å²) in [4.78, 5) is 2.30. The van der Waals surface area contributed by atoms with Crippen molar-refractivity contribution in [2.75, 3.05) is 39.0 Å². The Balaban J connectivity index is 1.84. The standard InChI is InChI=1S/C15H22N2O2S/c1-20(18,19)17-12-6-11-16(13-14-17)10-5-9-15-7-3-2-4-8-15/h2-5,7-9H,6,10-14H2,1H3/b9-5+. The molecule has 0 N–H and O–H groups in total. The molecule has 0 aromatic heterocycles. The van der Waals surface area contributed by atoms with Crippen molar-refractivity contribution in [1.29, 1.82) is 0 Å². The number of hydrogen-bond donors (Lipinski definition) is 0. The molecule has 1 fully saturated rings. The fraction of sp³-hybridized carbons (Fsp3) is 0.467. The van der Waals surface area contributed by atoms with Gasteiger partial charge >= 0.3 is 0 Å². The van der Waals surface area contributed by atoms with Gasteiger partial charge in [0.25, 0.3) is 0 Å². The molecule has 1 aromatic rings. The average molecular weight is 294 g/mol. The van der Waals surface area contributed by atoms with Crippen molar-refractivity contribution in [3.8, 4) is 0 Å². The van der Waals surface area contributed by atoms with Crippen LogP contribution >= 0.6 is 0 Å². The smallest absolute Gasteiger partial charge is 0.211 e. The number of rotatable bonds is 4. The maximum atomic E-state index is 11.5. The van der Waals surface area contributed by atoms with Crippen LogP contribution in [0.1, 0.15) is 12.0 Å². The first-order valence-corrected chi connectivity index (χ1v) is 8.79. The molecule has 0 bridgehead atoms. The van der Waals surface area contributed by atoms with E-state index in [0.29, 0.717) is 13.1 Å². The average Bonchev–Trinajstić information content (AvgIpc) is 2.65. The maximum Gasteiger partial charge on any atom is 0.211 e. The molecule has 1 aromatic carbocycles. The van der Waals surface area contributed by atoms with Crippen LogP contribution in [-0.2, 0) is 10.0 Å². The molecular weight excluding hydrogens is 272 g/mol. The lowest BCUT2D eigenvalue weighted by Crippen LogP contribution is -2.34. The van der Waals surface area contributed by atoms with Crippen LogP contribution in [0.3, 0.4) is 0 Å². The predicted octanol–water partition coefficient (Wildman–Crippen LogP) is 1.67. The van der Waals surface area contributed by atoms with Crippen LogP contribution in [0.5, 0.6) is 0 Å². The van der Waals surface area contributed by atoms with Crippen LogP contribution in [0.25, 0.3) is 6.08 Å². The van der Waals surface area contributed by atoms with Crippen LogP contribution in [0.15, 0.2) is 36.4 Å². The first-order valence-electron chi connectivity index (χ1n) is 6.95.